The van der Waals surface area contributed by atoms with Gasteiger partial charge in [0.25, 0.3) is 5.91 Å². The van der Waals surface area contributed by atoms with Gasteiger partial charge in [-0.25, -0.2) is 0 Å². The molecule has 0 saturated heterocycles. The summed E-state index contributed by atoms with van der Waals surface area (Å²) in [4.78, 5) is 12.2. The zero-order chi connectivity index (χ0) is 17.9. The van der Waals surface area contributed by atoms with Gasteiger partial charge in [0, 0.05) is 25.1 Å². The molecule has 1 aromatic rings. The van der Waals surface area contributed by atoms with Gasteiger partial charge in [-0.3, -0.25) is 4.79 Å². The number of amides is 1. The van der Waals surface area contributed by atoms with Gasteiger partial charge < -0.3 is 20.1 Å². The van der Waals surface area contributed by atoms with E-state index in [1.165, 1.54) is 6.20 Å². The predicted molar refractivity (Wildman–Crippen MR) is 93.3 cm³/mol. The molecule has 0 aliphatic carbocycles. The van der Waals surface area contributed by atoms with Crippen LogP contribution in [-0.2, 0) is 14.3 Å². The summed E-state index contributed by atoms with van der Waals surface area (Å²) >= 11 is 0. The number of nitrogens with one attached hydrogen (secondary N) is 2. The third kappa shape index (κ3) is 6.41. The van der Waals surface area contributed by atoms with Crippen molar-refractivity contribution in [1.82, 2.24) is 5.32 Å². The van der Waals surface area contributed by atoms with Crippen LogP contribution < -0.4 is 10.6 Å². The molecule has 130 valence electrons. The summed E-state index contributed by atoms with van der Waals surface area (Å²) in [7, 11) is 0. The fourth-order valence-corrected chi connectivity index (χ4v) is 2.09. The van der Waals surface area contributed by atoms with Crippen molar-refractivity contribution < 1.29 is 14.3 Å². The summed E-state index contributed by atoms with van der Waals surface area (Å²) in [5.74, 6) is -0.457. The molecule has 1 amide bonds. The van der Waals surface area contributed by atoms with Gasteiger partial charge in [-0.05, 0) is 39.3 Å². The maximum absolute atomic E-state index is 12.2. The van der Waals surface area contributed by atoms with Crippen LogP contribution in [-0.4, -0.2) is 32.0 Å². The summed E-state index contributed by atoms with van der Waals surface area (Å²) < 4.78 is 10.8. The second-order valence-corrected chi connectivity index (χ2v) is 5.19. The number of aryl methyl sites for hydroxylation is 2. The standard InChI is InChI=1S/C18H25N3O3/c1-5-23-17(24-6-2)12-20-11-15(10-19)18(22)21-16-8-7-13(3)9-14(16)4/h7-9,11,17,20H,5-6,12H2,1-4H3,(H,21,22)/b15-11-. The van der Waals surface area contributed by atoms with E-state index in [-0.39, 0.29) is 5.57 Å². The van der Waals surface area contributed by atoms with Crippen molar-refractivity contribution in [3.05, 3.63) is 41.1 Å². The quantitative estimate of drug-likeness (QED) is 0.413. The highest BCUT2D eigenvalue weighted by Gasteiger charge is 2.12. The monoisotopic (exact) mass is 331 g/mol. The number of carbonyl (C=O) groups excluding carboxylic acids is 1. The van der Waals surface area contributed by atoms with Gasteiger partial charge in [-0.15, -0.1) is 0 Å². The molecule has 0 aliphatic heterocycles. The number of hydrogen-bond acceptors (Lipinski definition) is 5. The van der Waals surface area contributed by atoms with Crippen LogP contribution in [0, 0.1) is 25.2 Å². The highest BCUT2D eigenvalue weighted by Crippen LogP contribution is 2.16. The van der Waals surface area contributed by atoms with Crippen LogP contribution in [0.2, 0.25) is 0 Å². The Bertz CT molecular complexity index is 614. The number of carbonyl (C=O) groups is 1. The van der Waals surface area contributed by atoms with Crippen molar-refractivity contribution in [3.63, 3.8) is 0 Å². The number of benzene rings is 1. The molecule has 6 nitrogen and oxygen atoms in total. The van der Waals surface area contributed by atoms with Crippen LogP contribution >= 0.6 is 0 Å². The summed E-state index contributed by atoms with van der Waals surface area (Å²) in [5, 5.41) is 14.8. The molecule has 0 unspecified atom stereocenters. The number of nitrogens with zero attached hydrogens (tertiary/aromatic N) is 1. The van der Waals surface area contributed by atoms with Gasteiger partial charge in [0.05, 0.1) is 6.54 Å². The molecular weight excluding hydrogens is 306 g/mol. The Morgan fingerprint density at radius 1 is 1.29 bits per heavy atom. The maximum Gasteiger partial charge on any atom is 0.267 e. The van der Waals surface area contributed by atoms with Gasteiger partial charge in [0.15, 0.2) is 6.29 Å². The lowest BCUT2D eigenvalue weighted by molar-refractivity contribution is -0.131. The predicted octanol–water partition coefficient (Wildman–Crippen LogP) is 2.64. The molecule has 1 rings (SSSR count). The first-order valence-electron chi connectivity index (χ1n) is 7.97. The number of hydrogen-bond donors (Lipinski definition) is 2. The lowest BCUT2D eigenvalue weighted by Gasteiger charge is -2.16. The number of anilines is 1. The number of ether oxygens (including phenoxy) is 2. The van der Waals surface area contributed by atoms with Crippen molar-refractivity contribution in [1.29, 1.82) is 5.26 Å². The van der Waals surface area contributed by atoms with Gasteiger partial charge in [-0.1, -0.05) is 17.7 Å². The molecule has 6 heteroatoms. The molecule has 0 radical (unpaired) electrons. The van der Waals surface area contributed by atoms with Crippen molar-refractivity contribution in [3.8, 4) is 6.07 Å². The van der Waals surface area contributed by atoms with Crippen molar-refractivity contribution in [2.24, 2.45) is 0 Å². The lowest BCUT2D eigenvalue weighted by Crippen LogP contribution is -2.29. The SMILES string of the molecule is CCOC(CN/C=C(/C#N)C(=O)Nc1ccc(C)cc1C)OCC. The minimum absolute atomic E-state index is 0.0123. The molecule has 0 aliphatic rings. The smallest absolute Gasteiger partial charge is 0.267 e. The largest absolute Gasteiger partial charge is 0.385 e. The minimum Gasteiger partial charge on any atom is -0.385 e. The lowest BCUT2D eigenvalue weighted by atomic mass is 10.1. The molecule has 0 spiro atoms. The van der Waals surface area contributed by atoms with E-state index >= 15 is 0 Å². The fourth-order valence-electron chi connectivity index (χ4n) is 2.09. The van der Waals surface area contributed by atoms with E-state index in [0.717, 1.165) is 11.1 Å². The number of rotatable bonds is 9. The average Bonchev–Trinajstić information content (AvgIpc) is 2.54. The zero-order valence-corrected chi connectivity index (χ0v) is 14.7. The van der Waals surface area contributed by atoms with Gasteiger partial charge in [0.1, 0.15) is 11.6 Å². The molecule has 24 heavy (non-hydrogen) atoms. The van der Waals surface area contributed by atoms with Crippen LogP contribution in [0.25, 0.3) is 0 Å². The highest BCUT2D eigenvalue weighted by atomic mass is 16.7. The van der Waals surface area contributed by atoms with Crippen LogP contribution in [0.15, 0.2) is 30.0 Å². The normalized spacial score (nSPS) is 11.2. The second-order valence-electron chi connectivity index (χ2n) is 5.19. The first-order valence-corrected chi connectivity index (χ1v) is 7.97. The molecular formula is C18H25N3O3. The van der Waals surface area contributed by atoms with E-state index in [2.05, 4.69) is 10.6 Å². The molecule has 0 fully saturated rings. The molecule has 0 bridgehead atoms. The molecule has 0 saturated carbocycles. The second kappa shape index (κ2) is 10.4. The van der Waals surface area contributed by atoms with E-state index in [1.807, 2.05) is 52.0 Å². The van der Waals surface area contributed by atoms with E-state index in [1.54, 1.807) is 0 Å². The average molecular weight is 331 g/mol. The zero-order valence-electron chi connectivity index (χ0n) is 14.7. The van der Waals surface area contributed by atoms with E-state index < -0.39 is 12.2 Å². The Hall–Kier alpha value is -2.36. The van der Waals surface area contributed by atoms with E-state index in [9.17, 15) is 10.1 Å². The van der Waals surface area contributed by atoms with Crippen LogP contribution in [0.1, 0.15) is 25.0 Å². The topological polar surface area (TPSA) is 83.4 Å². The summed E-state index contributed by atoms with van der Waals surface area (Å²) in [6, 6.07) is 7.60. The van der Waals surface area contributed by atoms with E-state index in [4.69, 9.17) is 9.47 Å². The Kier molecular flexibility index (Phi) is 8.55. The van der Waals surface area contributed by atoms with Crippen LogP contribution in [0.3, 0.4) is 0 Å². The Morgan fingerprint density at radius 2 is 1.96 bits per heavy atom. The van der Waals surface area contributed by atoms with Crippen molar-refractivity contribution >= 4 is 11.6 Å². The number of nitriles is 1. The Morgan fingerprint density at radius 3 is 2.50 bits per heavy atom. The highest BCUT2D eigenvalue weighted by molar-refractivity contribution is 6.06. The van der Waals surface area contributed by atoms with Gasteiger partial charge in [-0.2, -0.15) is 5.26 Å². The first-order chi connectivity index (χ1) is 11.5. The van der Waals surface area contributed by atoms with Crippen LogP contribution in [0.4, 0.5) is 5.69 Å². The van der Waals surface area contributed by atoms with Gasteiger partial charge in [0.2, 0.25) is 0 Å². The fraction of sp³-hybridized carbons (Fsp3) is 0.444. The summed E-state index contributed by atoms with van der Waals surface area (Å²) in [5.41, 5.74) is 2.73. The Labute approximate surface area is 143 Å². The minimum atomic E-state index is -0.457. The molecule has 0 atom stereocenters. The molecule has 2 N–H and O–H groups in total. The third-order valence-electron chi connectivity index (χ3n) is 3.23. The Balaban J connectivity index is 2.67. The van der Waals surface area contributed by atoms with Crippen molar-refractivity contribution in [2.45, 2.75) is 34.0 Å². The summed E-state index contributed by atoms with van der Waals surface area (Å²) in [6.45, 7) is 9.04. The maximum atomic E-state index is 12.2. The van der Waals surface area contributed by atoms with Crippen molar-refractivity contribution in [2.75, 3.05) is 25.1 Å². The molecule has 0 aromatic heterocycles. The molecule has 1 aromatic carbocycles. The molecule has 0 heterocycles. The third-order valence-corrected chi connectivity index (χ3v) is 3.23. The first kappa shape index (κ1) is 19.7. The summed E-state index contributed by atoms with van der Waals surface area (Å²) in [6.07, 6.45) is 0.961. The van der Waals surface area contributed by atoms with Crippen LogP contribution in [0.5, 0.6) is 0 Å². The van der Waals surface area contributed by atoms with Gasteiger partial charge >= 0.3 is 0 Å². The van der Waals surface area contributed by atoms with E-state index in [0.29, 0.717) is 25.4 Å².